The first-order valence-electron chi connectivity index (χ1n) is 4.92. The minimum Gasteiger partial charge on any atom is -0.391 e. The molecular formula is C12H15NO. The molecule has 1 aromatic rings. The van der Waals surface area contributed by atoms with E-state index in [1.54, 1.807) is 0 Å². The lowest BCUT2D eigenvalue weighted by Gasteiger charge is -2.15. The van der Waals surface area contributed by atoms with Gasteiger partial charge >= 0.3 is 0 Å². The molecule has 0 saturated carbocycles. The Morgan fingerprint density at radius 2 is 2.00 bits per heavy atom. The zero-order valence-corrected chi connectivity index (χ0v) is 8.35. The van der Waals surface area contributed by atoms with Crippen molar-refractivity contribution < 1.29 is 5.11 Å². The Hall–Kier alpha value is -1.33. The van der Waals surface area contributed by atoms with Crippen LogP contribution in [0, 0.1) is 11.3 Å². The summed E-state index contributed by atoms with van der Waals surface area (Å²) in [5.41, 5.74) is 0.899. The predicted molar refractivity (Wildman–Crippen MR) is 55.7 cm³/mol. The summed E-state index contributed by atoms with van der Waals surface area (Å²) in [5, 5.41) is 18.7. The number of benzene rings is 1. The van der Waals surface area contributed by atoms with E-state index in [-0.39, 0.29) is 0 Å². The fourth-order valence-corrected chi connectivity index (χ4v) is 1.51. The minimum atomic E-state index is -0.549. The minimum absolute atomic E-state index is 0.392. The van der Waals surface area contributed by atoms with E-state index in [4.69, 9.17) is 5.26 Å². The quantitative estimate of drug-likeness (QED) is 0.790. The summed E-state index contributed by atoms with van der Waals surface area (Å²) in [7, 11) is 0. The molecule has 1 rings (SSSR count). The Morgan fingerprint density at radius 3 is 2.50 bits per heavy atom. The molecule has 0 saturated heterocycles. The molecule has 74 valence electrons. The highest BCUT2D eigenvalue weighted by molar-refractivity contribution is 5.26. The van der Waals surface area contributed by atoms with E-state index in [1.165, 1.54) is 0 Å². The van der Waals surface area contributed by atoms with Gasteiger partial charge in [-0.2, -0.15) is 5.26 Å². The Morgan fingerprint density at radius 1 is 1.36 bits per heavy atom. The average Bonchev–Trinajstić information content (AvgIpc) is 2.21. The normalized spacial score (nSPS) is 14.4. The maximum absolute atomic E-state index is 9.74. The van der Waals surface area contributed by atoms with Crippen LogP contribution in [-0.4, -0.2) is 11.2 Å². The highest BCUT2D eigenvalue weighted by atomic mass is 16.3. The second-order valence-corrected chi connectivity index (χ2v) is 3.37. The van der Waals surface area contributed by atoms with Gasteiger partial charge in [-0.25, -0.2) is 0 Å². The molecule has 0 heterocycles. The highest BCUT2D eigenvalue weighted by Gasteiger charge is 2.19. The molecule has 0 amide bonds. The number of rotatable bonds is 4. The summed E-state index contributed by atoms with van der Waals surface area (Å²) in [4.78, 5) is 0. The van der Waals surface area contributed by atoms with Gasteiger partial charge in [0.05, 0.1) is 18.1 Å². The Kier molecular flexibility index (Phi) is 4.15. The molecule has 1 aromatic carbocycles. The van der Waals surface area contributed by atoms with E-state index in [0.717, 1.165) is 12.0 Å². The van der Waals surface area contributed by atoms with Crippen LogP contribution in [0.25, 0.3) is 0 Å². The summed E-state index contributed by atoms with van der Waals surface area (Å²) in [5.74, 6) is -0.392. The first kappa shape index (κ1) is 10.7. The molecule has 1 N–H and O–H groups in total. The van der Waals surface area contributed by atoms with Crippen molar-refractivity contribution in [2.45, 2.75) is 31.8 Å². The topological polar surface area (TPSA) is 44.0 Å². The molecule has 0 fully saturated rings. The molecule has 0 radical (unpaired) electrons. The van der Waals surface area contributed by atoms with E-state index in [1.807, 2.05) is 37.3 Å². The van der Waals surface area contributed by atoms with E-state index >= 15 is 0 Å². The van der Waals surface area contributed by atoms with Gasteiger partial charge in [0.1, 0.15) is 0 Å². The van der Waals surface area contributed by atoms with Crippen LogP contribution < -0.4 is 0 Å². The molecule has 0 spiro atoms. The number of aliphatic hydroxyl groups is 1. The highest BCUT2D eigenvalue weighted by Crippen LogP contribution is 2.21. The molecule has 0 aliphatic rings. The van der Waals surface area contributed by atoms with Crippen molar-refractivity contribution in [1.29, 1.82) is 5.26 Å². The van der Waals surface area contributed by atoms with Crippen molar-refractivity contribution in [2.75, 3.05) is 0 Å². The van der Waals surface area contributed by atoms with Crippen molar-refractivity contribution in [2.24, 2.45) is 0 Å². The molecule has 0 aromatic heterocycles. The second-order valence-electron chi connectivity index (χ2n) is 3.37. The number of aliphatic hydroxyl groups excluding tert-OH is 1. The van der Waals surface area contributed by atoms with E-state index in [2.05, 4.69) is 6.07 Å². The zero-order valence-electron chi connectivity index (χ0n) is 8.35. The molecule has 0 bridgehead atoms. The standard InChI is InChI=1S/C12H15NO/c1-2-6-12(14)11(9-13)10-7-4-3-5-8-10/h3-5,7-8,11-12,14H,2,6H2,1H3. The molecule has 2 nitrogen and oxygen atoms in total. The lowest BCUT2D eigenvalue weighted by molar-refractivity contribution is 0.150. The van der Waals surface area contributed by atoms with Crippen molar-refractivity contribution in [3.63, 3.8) is 0 Å². The molecule has 0 aliphatic heterocycles. The van der Waals surface area contributed by atoms with E-state index in [9.17, 15) is 5.11 Å². The van der Waals surface area contributed by atoms with Gasteiger partial charge in [-0.15, -0.1) is 0 Å². The van der Waals surface area contributed by atoms with Gasteiger partial charge in [0.25, 0.3) is 0 Å². The lowest BCUT2D eigenvalue weighted by atomic mass is 9.92. The monoisotopic (exact) mass is 189 g/mol. The Labute approximate surface area is 84.8 Å². The smallest absolute Gasteiger partial charge is 0.0971 e. The third-order valence-electron chi connectivity index (χ3n) is 2.27. The second kappa shape index (κ2) is 5.41. The van der Waals surface area contributed by atoms with Crippen molar-refractivity contribution in [3.8, 4) is 6.07 Å². The number of nitrogens with zero attached hydrogens (tertiary/aromatic N) is 1. The van der Waals surface area contributed by atoms with Gasteiger partial charge in [-0.1, -0.05) is 43.7 Å². The van der Waals surface area contributed by atoms with Crippen LogP contribution in [0.4, 0.5) is 0 Å². The Balaban J connectivity index is 2.78. The van der Waals surface area contributed by atoms with Crippen LogP contribution in [0.2, 0.25) is 0 Å². The number of hydrogen-bond donors (Lipinski definition) is 1. The summed E-state index contributed by atoms with van der Waals surface area (Å²) >= 11 is 0. The van der Waals surface area contributed by atoms with Crippen LogP contribution in [0.5, 0.6) is 0 Å². The Bertz CT molecular complexity index is 302. The fraction of sp³-hybridized carbons (Fsp3) is 0.417. The third-order valence-corrected chi connectivity index (χ3v) is 2.27. The van der Waals surface area contributed by atoms with Crippen LogP contribution in [-0.2, 0) is 0 Å². The summed E-state index contributed by atoms with van der Waals surface area (Å²) in [6.07, 6.45) is 1.02. The van der Waals surface area contributed by atoms with Gasteiger partial charge < -0.3 is 5.11 Å². The maximum Gasteiger partial charge on any atom is 0.0971 e. The SMILES string of the molecule is CCCC(O)C(C#N)c1ccccc1. The summed E-state index contributed by atoms with van der Waals surface area (Å²) < 4.78 is 0. The van der Waals surface area contributed by atoms with Gasteiger partial charge in [-0.3, -0.25) is 0 Å². The molecule has 0 aliphatic carbocycles. The summed E-state index contributed by atoms with van der Waals surface area (Å²) in [6.45, 7) is 2.00. The first-order valence-corrected chi connectivity index (χ1v) is 4.92. The lowest BCUT2D eigenvalue weighted by Crippen LogP contribution is -2.16. The summed E-state index contributed by atoms with van der Waals surface area (Å²) in [6, 6.07) is 11.6. The largest absolute Gasteiger partial charge is 0.391 e. The van der Waals surface area contributed by atoms with Gasteiger partial charge in [0.2, 0.25) is 0 Å². The molecule has 2 atom stereocenters. The van der Waals surface area contributed by atoms with Crippen LogP contribution in [0.1, 0.15) is 31.2 Å². The van der Waals surface area contributed by atoms with Crippen LogP contribution in [0.3, 0.4) is 0 Å². The van der Waals surface area contributed by atoms with Gasteiger partial charge in [-0.05, 0) is 12.0 Å². The molecule has 2 heteroatoms. The zero-order chi connectivity index (χ0) is 10.4. The van der Waals surface area contributed by atoms with Gasteiger partial charge in [0.15, 0.2) is 0 Å². The van der Waals surface area contributed by atoms with Crippen molar-refractivity contribution in [1.82, 2.24) is 0 Å². The molecule has 14 heavy (non-hydrogen) atoms. The molecule has 2 unspecified atom stereocenters. The van der Waals surface area contributed by atoms with Gasteiger partial charge in [0, 0.05) is 0 Å². The maximum atomic E-state index is 9.74. The average molecular weight is 189 g/mol. The van der Waals surface area contributed by atoms with Crippen molar-refractivity contribution in [3.05, 3.63) is 35.9 Å². The molecular weight excluding hydrogens is 174 g/mol. The fourth-order valence-electron chi connectivity index (χ4n) is 1.51. The number of nitriles is 1. The first-order chi connectivity index (χ1) is 6.79. The van der Waals surface area contributed by atoms with Crippen LogP contribution in [0.15, 0.2) is 30.3 Å². The van der Waals surface area contributed by atoms with Crippen molar-refractivity contribution >= 4 is 0 Å². The third kappa shape index (κ3) is 2.58. The predicted octanol–water partition coefficient (Wildman–Crippen LogP) is 2.45. The van der Waals surface area contributed by atoms with E-state index in [0.29, 0.717) is 6.42 Å². The van der Waals surface area contributed by atoms with Crippen LogP contribution >= 0.6 is 0 Å². The van der Waals surface area contributed by atoms with E-state index < -0.39 is 12.0 Å². The number of hydrogen-bond acceptors (Lipinski definition) is 2.